The minimum absolute atomic E-state index is 0.245. The fraction of sp³-hybridized carbons (Fsp3) is 0.625. The second kappa shape index (κ2) is 6.12. The maximum Gasteiger partial charge on any atom is 0.373 e. The van der Waals surface area contributed by atoms with Gasteiger partial charge in [0.1, 0.15) is 6.23 Å². The van der Waals surface area contributed by atoms with Gasteiger partial charge in [-0.3, -0.25) is 0 Å². The molecule has 0 aromatic rings. The number of carbonyl (C=O) groups excluding carboxylic acids is 1. The van der Waals surface area contributed by atoms with Crippen molar-refractivity contribution in [3.05, 3.63) is 12.2 Å². The normalized spacial score (nSPS) is 11.4. The van der Waals surface area contributed by atoms with Crippen LogP contribution in [0.25, 0.3) is 0 Å². The maximum absolute atomic E-state index is 11.1. The molecule has 0 saturated heterocycles. The Balaban J connectivity index is 4.19. The van der Waals surface area contributed by atoms with Crippen LogP contribution in [-0.2, 0) is 18.4 Å². The molecular weight excluding hydrogens is 216 g/mol. The molecule has 0 fully saturated rings. The summed E-state index contributed by atoms with van der Waals surface area (Å²) in [6, 6.07) is 0. The summed E-state index contributed by atoms with van der Waals surface area (Å²) in [6.07, 6.45) is 0.245. The summed E-state index contributed by atoms with van der Waals surface area (Å²) in [5.41, 5.74) is 1.28. The number of rotatable bonds is 6. The van der Waals surface area contributed by atoms with E-state index >= 15 is 0 Å². The van der Waals surface area contributed by atoms with Crippen molar-refractivity contribution in [3.8, 4) is 0 Å². The summed E-state index contributed by atoms with van der Waals surface area (Å²) in [5.74, 6) is -0.383. The van der Waals surface area contributed by atoms with Gasteiger partial charge in [0.25, 0.3) is 0 Å². The van der Waals surface area contributed by atoms with Crippen LogP contribution in [0.3, 0.4) is 0 Å². The predicted molar refractivity (Wildman–Crippen MR) is 60.3 cm³/mol. The van der Waals surface area contributed by atoms with Gasteiger partial charge < -0.3 is 13.6 Å². The molecule has 14 heavy (non-hydrogen) atoms. The maximum atomic E-state index is 11.1. The quantitative estimate of drug-likeness (QED) is 0.360. The van der Waals surface area contributed by atoms with E-state index in [2.05, 4.69) is 6.58 Å². The van der Waals surface area contributed by atoms with Crippen LogP contribution in [0.15, 0.2) is 12.2 Å². The lowest BCUT2D eigenvalue weighted by Gasteiger charge is -2.25. The highest BCUT2D eigenvalue weighted by Crippen LogP contribution is 2.10. The number of ether oxygens (including phenoxy) is 1. The van der Waals surface area contributed by atoms with E-state index < -0.39 is 8.56 Å². The molecule has 0 amide bonds. The molecule has 0 aromatic carbocycles. The Morgan fingerprint density at radius 1 is 1.43 bits per heavy atom. The van der Waals surface area contributed by atoms with E-state index in [1.807, 2.05) is 0 Å². The molecule has 0 aliphatic rings. The lowest BCUT2D eigenvalue weighted by Crippen LogP contribution is -2.46. The van der Waals surface area contributed by atoms with Crippen molar-refractivity contribution in [1.82, 2.24) is 0 Å². The summed E-state index contributed by atoms with van der Waals surface area (Å²) in [7, 11) is 1.92. The van der Waals surface area contributed by atoms with Crippen LogP contribution in [0.4, 0.5) is 0 Å². The summed E-state index contributed by atoms with van der Waals surface area (Å²) in [6.45, 7) is 5.12. The summed E-state index contributed by atoms with van der Waals surface area (Å²) in [4.78, 5) is 11.1. The van der Waals surface area contributed by atoms with Crippen LogP contribution in [-0.4, -0.2) is 45.2 Å². The molecule has 82 valence electrons. The molecular formula is C8H18O4Si2. The number of carbonyl (C=O) groups is 1. The van der Waals surface area contributed by atoms with Crippen LogP contribution in [0, 0.1) is 0 Å². The van der Waals surface area contributed by atoms with E-state index in [-0.39, 0.29) is 12.2 Å². The Kier molecular flexibility index (Phi) is 5.93. The van der Waals surface area contributed by atoms with Crippen molar-refractivity contribution in [2.24, 2.45) is 0 Å². The summed E-state index contributed by atoms with van der Waals surface area (Å²) >= 11 is 0. The van der Waals surface area contributed by atoms with Crippen LogP contribution in [0.5, 0.6) is 0 Å². The predicted octanol–water partition coefficient (Wildman–Crippen LogP) is -0.297. The minimum atomic E-state index is -2.25. The molecule has 0 unspecified atom stereocenters. The summed E-state index contributed by atoms with van der Waals surface area (Å²) in [5, 5.41) is 0. The zero-order valence-corrected chi connectivity index (χ0v) is 12.3. The van der Waals surface area contributed by atoms with Gasteiger partial charge in [-0.15, -0.1) is 0 Å². The van der Waals surface area contributed by atoms with E-state index in [1.165, 1.54) is 0 Å². The Bertz CT molecular complexity index is 205. The van der Waals surface area contributed by atoms with Gasteiger partial charge in [-0.1, -0.05) is 6.58 Å². The van der Waals surface area contributed by atoms with Gasteiger partial charge in [-0.2, -0.15) is 0 Å². The third-order valence-electron chi connectivity index (χ3n) is 2.05. The van der Waals surface area contributed by atoms with Crippen molar-refractivity contribution < 1.29 is 18.4 Å². The first kappa shape index (κ1) is 13.6. The van der Waals surface area contributed by atoms with Gasteiger partial charge in [0.15, 0.2) is 0 Å². The van der Waals surface area contributed by atoms with Gasteiger partial charge in [0.05, 0.1) is 0 Å². The van der Waals surface area contributed by atoms with Gasteiger partial charge >= 0.3 is 14.5 Å². The minimum Gasteiger partial charge on any atom is -0.460 e. The monoisotopic (exact) mass is 234 g/mol. The third kappa shape index (κ3) is 3.74. The van der Waals surface area contributed by atoms with Crippen LogP contribution in [0.2, 0.25) is 5.67 Å². The Morgan fingerprint density at radius 2 is 1.93 bits per heavy atom. The SMILES string of the molecule is C=C(C)C(=O)OC[Si](C[SiH3])(OC)OC. The largest absolute Gasteiger partial charge is 0.460 e. The smallest absolute Gasteiger partial charge is 0.373 e. The molecule has 0 spiro atoms. The van der Waals surface area contributed by atoms with Gasteiger partial charge in [0.2, 0.25) is 0 Å². The number of hydrogen-bond donors (Lipinski definition) is 0. The summed E-state index contributed by atoms with van der Waals surface area (Å²) < 4.78 is 15.7. The first-order valence-electron chi connectivity index (χ1n) is 4.44. The lowest BCUT2D eigenvalue weighted by molar-refractivity contribution is -0.137. The first-order chi connectivity index (χ1) is 6.51. The van der Waals surface area contributed by atoms with Crippen LogP contribution < -0.4 is 0 Å². The Labute approximate surface area is 88.9 Å². The molecule has 0 aliphatic carbocycles. The Morgan fingerprint density at radius 3 is 2.21 bits per heavy atom. The highest BCUT2D eigenvalue weighted by molar-refractivity contribution is 6.73. The molecule has 0 saturated carbocycles. The molecule has 6 heteroatoms. The fourth-order valence-corrected chi connectivity index (χ4v) is 4.77. The molecule has 0 rings (SSSR count). The van der Waals surface area contributed by atoms with E-state index in [1.54, 1.807) is 21.1 Å². The van der Waals surface area contributed by atoms with Gasteiger partial charge in [-0.25, -0.2) is 4.79 Å². The molecule has 0 heterocycles. The Hall–Kier alpha value is -0.436. The topological polar surface area (TPSA) is 44.8 Å². The molecule has 0 aromatic heterocycles. The standard InChI is InChI=1S/C8H18O4Si2/c1-7(2)8(9)12-5-14(6-13,10-3)11-4/h1,5-6H2,2-4,13H3. The van der Waals surface area contributed by atoms with Crippen molar-refractivity contribution in [3.63, 3.8) is 0 Å². The molecule has 0 atom stereocenters. The van der Waals surface area contributed by atoms with Crippen LogP contribution >= 0.6 is 0 Å². The molecule has 0 bridgehead atoms. The van der Waals surface area contributed by atoms with Crippen molar-refractivity contribution in [1.29, 1.82) is 0 Å². The highest BCUT2D eigenvalue weighted by atomic mass is 28.4. The van der Waals surface area contributed by atoms with Crippen molar-refractivity contribution >= 4 is 24.8 Å². The molecule has 4 nitrogen and oxygen atoms in total. The van der Waals surface area contributed by atoms with Gasteiger partial charge in [0, 0.05) is 30.0 Å². The number of esters is 1. The fourth-order valence-electron chi connectivity index (χ4n) is 0.891. The lowest BCUT2D eigenvalue weighted by atomic mass is 10.4. The average molecular weight is 234 g/mol. The zero-order valence-electron chi connectivity index (χ0n) is 9.25. The van der Waals surface area contributed by atoms with E-state index in [4.69, 9.17) is 13.6 Å². The number of hydrogen-bond acceptors (Lipinski definition) is 4. The molecule has 0 N–H and O–H groups in total. The molecule has 0 radical (unpaired) electrons. The molecule has 0 aliphatic heterocycles. The average Bonchev–Trinajstić information content (AvgIpc) is 2.20. The van der Waals surface area contributed by atoms with Gasteiger partial charge in [-0.05, 0) is 12.6 Å². The second-order valence-corrected chi connectivity index (χ2v) is 8.78. The zero-order chi connectivity index (χ0) is 11.2. The highest BCUT2D eigenvalue weighted by Gasteiger charge is 2.35. The third-order valence-corrected chi connectivity index (χ3v) is 8.44. The second-order valence-electron chi connectivity index (χ2n) is 3.03. The van der Waals surface area contributed by atoms with Crippen molar-refractivity contribution in [2.45, 2.75) is 12.6 Å². The van der Waals surface area contributed by atoms with E-state index in [0.717, 1.165) is 15.9 Å². The first-order valence-corrected chi connectivity index (χ1v) is 8.08. The van der Waals surface area contributed by atoms with Crippen molar-refractivity contribution in [2.75, 3.05) is 20.4 Å². The van der Waals surface area contributed by atoms with E-state index in [9.17, 15) is 4.79 Å². The van der Waals surface area contributed by atoms with Crippen LogP contribution in [0.1, 0.15) is 6.92 Å². The van der Waals surface area contributed by atoms with E-state index in [0.29, 0.717) is 5.57 Å².